The number of benzene rings is 2. The number of hydrogen-bond acceptors (Lipinski definition) is 10. The second-order valence-electron chi connectivity index (χ2n) is 7.04. The fraction of sp³-hybridized carbons (Fsp3) is 0.182. The minimum Gasteiger partial charge on any atom is -0.493 e. The second kappa shape index (κ2) is 10.6. The lowest BCUT2D eigenvalue weighted by molar-refractivity contribution is 0.0949. The molecule has 1 amide bonds. The summed E-state index contributed by atoms with van der Waals surface area (Å²) in [4.78, 5) is 13.9. The van der Waals surface area contributed by atoms with Crippen molar-refractivity contribution in [2.75, 3.05) is 12.3 Å². The molecule has 3 N–H and O–H groups in total. The Kier molecular flexibility index (Phi) is 7.18. The number of anilines is 1. The summed E-state index contributed by atoms with van der Waals surface area (Å²) < 4.78 is 11.6. The van der Waals surface area contributed by atoms with Gasteiger partial charge in [0.2, 0.25) is 11.6 Å². The standard InChI is InChI=1S/C22H22N8O3S/c1-3-32-18-7-5-4-6-15(18)12-24-26-22(31)19-17(13-34-16-10-8-14(2)9-11-16)30(29-25-19)21-20(23)27-33-28-21/h4-12H,3,13H2,1-2H3,(H2,23,27)(H,26,31)/b24-12+. The van der Waals surface area contributed by atoms with E-state index in [1.807, 2.05) is 62.4 Å². The third kappa shape index (κ3) is 5.23. The molecule has 0 atom stereocenters. The largest absolute Gasteiger partial charge is 0.493 e. The Labute approximate surface area is 199 Å². The first-order valence-corrected chi connectivity index (χ1v) is 11.3. The fourth-order valence-electron chi connectivity index (χ4n) is 2.99. The number of thioether (sulfide) groups is 1. The highest BCUT2D eigenvalue weighted by molar-refractivity contribution is 7.98. The number of nitrogen functional groups attached to an aromatic ring is 1. The number of aryl methyl sites for hydroxylation is 1. The molecule has 0 saturated carbocycles. The van der Waals surface area contributed by atoms with Crippen LogP contribution in [0.5, 0.6) is 5.75 Å². The molecule has 34 heavy (non-hydrogen) atoms. The average Bonchev–Trinajstić information content (AvgIpc) is 3.45. The normalized spacial score (nSPS) is 11.1. The minimum atomic E-state index is -0.536. The number of nitrogens with one attached hydrogen (secondary N) is 1. The van der Waals surface area contributed by atoms with Crippen LogP contribution in [-0.2, 0) is 5.75 Å². The molecular weight excluding hydrogens is 456 g/mol. The number of amides is 1. The van der Waals surface area contributed by atoms with Gasteiger partial charge in [-0.15, -0.1) is 16.9 Å². The second-order valence-corrected chi connectivity index (χ2v) is 8.09. The third-order valence-electron chi connectivity index (χ3n) is 4.66. The first kappa shape index (κ1) is 23.0. The van der Waals surface area contributed by atoms with Gasteiger partial charge in [0.25, 0.3) is 5.91 Å². The van der Waals surface area contributed by atoms with Gasteiger partial charge in [0.05, 0.1) is 18.5 Å². The van der Waals surface area contributed by atoms with Crippen LogP contribution in [0.3, 0.4) is 0 Å². The van der Waals surface area contributed by atoms with Gasteiger partial charge < -0.3 is 10.5 Å². The van der Waals surface area contributed by atoms with E-state index in [-0.39, 0.29) is 17.3 Å². The van der Waals surface area contributed by atoms with Gasteiger partial charge in [0.1, 0.15) is 5.75 Å². The molecule has 0 saturated heterocycles. The Morgan fingerprint density at radius 3 is 2.76 bits per heavy atom. The highest BCUT2D eigenvalue weighted by atomic mass is 32.2. The summed E-state index contributed by atoms with van der Waals surface area (Å²) in [6, 6.07) is 15.4. The first-order chi connectivity index (χ1) is 16.6. The SMILES string of the molecule is CCOc1ccccc1/C=N/NC(=O)c1nnn(-c2nonc2N)c1CSc1ccc(C)cc1. The molecule has 4 aromatic rings. The van der Waals surface area contributed by atoms with E-state index in [4.69, 9.17) is 10.5 Å². The Hall–Kier alpha value is -4.19. The Morgan fingerprint density at radius 2 is 2.03 bits per heavy atom. The molecule has 2 aromatic heterocycles. The number of para-hydroxylation sites is 1. The van der Waals surface area contributed by atoms with Crippen molar-refractivity contribution in [1.29, 1.82) is 0 Å². The zero-order valence-electron chi connectivity index (χ0n) is 18.5. The molecule has 2 heterocycles. The first-order valence-electron chi connectivity index (χ1n) is 10.3. The van der Waals surface area contributed by atoms with Crippen LogP contribution in [-0.4, -0.2) is 44.0 Å². The molecule has 2 aromatic carbocycles. The van der Waals surface area contributed by atoms with Crippen molar-refractivity contribution in [2.45, 2.75) is 24.5 Å². The fourth-order valence-corrected chi connectivity index (χ4v) is 3.88. The summed E-state index contributed by atoms with van der Waals surface area (Å²) in [6.07, 6.45) is 1.51. The summed E-state index contributed by atoms with van der Waals surface area (Å²) in [5, 5.41) is 19.5. The molecular formula is C22H22N8O3S. The number of hydrogen-bond donors (Lipinski definition) is 2. The Morgan fingerprint density at radius 1 is 1.24 bits per heavy atom. The zero-order chi connectivity index (χ0) is 23.9. The van der Waals surface area contributed by atoms with Gasteiger partial charge >= 0.3 is 0 Å². The monoisotopic (exact) mass is 478 g/mol. The van der Waals surface area contributed by atoms with Crippen molar-refractivity contribution >= 4 is 29.7 Å². The van der Waals surface area contributed by atoms with Gasteiger partial charge in [-0.05, 0) is 48.4 Å². The molecule has 4 rings (SSSR count). The van der Waals surface area contributed by atoms with E-state index < -0.39 is 5.91 Å². The zero-order valence-corrected chi connectivity index (χ0v) is 19.3. The van der Waals surface area contributed by atoms with Gasteiger partial charge in [-0.3, -0.25) is 4.79 Å². The summed E-state index contributed by atoms with van der Waals surface area (Å²) in [5.41, 5.74) is 10.8. The van der Waals surface area contributed by atoms with Gasteiger partial charge in [-0.25, -0.2) is 10.1 Å². The van der Waals surface area contributed by atoms with Crippen LogP contribution < -0.4 is 15.9 Å². The van der Waals surface area contributed by atoms with Gasteiger partial charge in [0.15, 0.2) is 5.69 Å². The molecule has 11 nitrogen and oxygen atoms in total. The van der Waals surface area contributed by atoms with Crippen molar-refractivity contribution in [1.82, 2.24) is 30.7 Å². The molecule has 12 heteroatoms. The van der Waals surface area contributed by atoms with Crippen molar-refractivity contribution in [3.05, 3.63) is 71.0 Å². The molecule has 0 unspecified atom stereocenters. The molecule has 0 spiro atoms. The number of nitrogens with two attached hydrogens (primary N) is 1. The van der Waals surface area contributed by atoms with Crippen LogP contribution in [0.25, 0.3) is 5.82 Å². The van der Waals surface area contributed by atoms with E-state index in [0.29, 0.717) is 23.8 Å². The molecule has 0 radical (unpaired) electrons. The van der Waals surface area contributed by atoms with E-state index >= 15 is 0 Å². The lowest BCUT2D eigenvalue weighted by Crippen LogP contribution is -2.20. The van der Waals surface area contributed by atoms with Crippen LogP contribution in [0.1, 0.15) is 34.2 Å². The topological polar surface area (TPSA) is 146 Å². The third-order valence-corrected chi connectivity index (χ3v) is 5.68. The van der Waals surface area contributed by atoms with Crippen LogP contribution in [0, 0.1) is 6.92 Å². The number of rotatable bonds is 9. The smallest absolute Gasteiger partial charge is 0.293 e. The number of nitrogens with zero attached hydrogens (tertiary/aromatic N) is 6. The molecule has 0 aliphatic rings. The van der Waals surface area contributed by atoms with E-state index in [9.17, 15) is 4.79 Å². The van der Waals surface area contributed by atoms with E-state index in [1.54, 1.807) is 0 Å². The van der Waals surface area contributed by atoms with Gasteiger partial charge in [-0.2, -0.15) is 9.78 Å². The van der Waals surface area contributed by atoms with Gasteiger partial charge in [-0.1, -0.05) is 35.0 Å². The van der Waals surface area contributed by atoms with Crippen LogP contribution in [0.2, 0.25) is 0 Å². The molecule has 174 valence electrons. The summed E-state index contributed by atoms with van der Waals surface area (Å²) in [6.45, 7) is 4.43. The number of carbonyl (C=O) groups is 1. The highest BCUT2D eigenvalue weighted by Crippen LogP contribution is 2.26. The molecule has 0 fully saturated rings. The summed E-state index contributed by atoms with van der Waals surface area (Å²) in [5.74, 6) is 0.676. The quantitative estimate of drug-likeness (QED) is 0.210. The molecule has 0 bridgehead atoms. The number of carbonyl (C=O) groups excluding carboxylic acids is 1. The average molecular weight is 479 g/mol. The van der Waals surface area contributed by atoms with Crippen LogP contribution >= 0.6 is 11.8 Å². The Bertz CT molecular complexity index is 1300. The summed E-state index contributed by atoms with van der Waals surface area (Å²) >= 11 is 1.51. The van der Waals surface area contributed by atoms with Crippen LogP contribution in [0.4, 0.5) is 5.82 Å². The predicted molar refractivity (Wildman–Crippen MR) is 127 cm³/mol. The summed E-state index contributed by atoms with van der Waals surface area (Å²) in [7, 11) is 0. The van der Waals surface area contributed by atoms with Crippen molar-refractivity contribution < 1.29 is 14.2 Å². The maximum Gasteiger partial charge on any atom is 0.293 e. The predicted octanol–water partition coefficient (Wildman–Crippen LogP) is 3.00. The van der Waals surface area contributed by atoms with E-state index in [2.05, 4.69) is 35.8 Å². The minimum absolute atomic E-state index is 0.0315. The van der Waals surface area contributed by atoms with Gasteiger partial charge in [0, 0.05) is 16.2 Å². The van der Waals surface area contributed by atoms with Crippen molar-refractivity contribution in [2.24, 2.45) is 5.10 Å². The number of hydrazone groups is 1. The maximum absolute atomic E-state index is 12.9. The van der Waals surface area contributed by atoms with Crippen molar-refractivity contribution in [3.63, 3.8) is 0 Å². The lowest BCUT2D eigenvalue weighted by atomic mass is 10.2. The van der Waals surface area contributed by atoms with Crippen LogP contribution in [0.15, 0.2) is 63.2 Å². The van der Waals surface area contributed by atoms with Crippen molar-refractivity contribution in [3.8, 4) is 11.6 Å². The molecule has 0 aliphatic heterocycles. The highest BCUT2D eigenvalue weighted by Gasteiger charge is 2.24. The Balaban J connectivity index is 1.57. The maximum atomic E-state index is 12.9. The van der Waals surface area contributed by atoms with E-state index in [1.165, 1.54) is 22.7 Å². The lowest BCUT2D eigenvalue weighted by Gasteiger charge is -2.07. The molecule has 0 aliphatic carbocycles. The number of aromatic nitrogens is 5. The number of ether oxygens (including phenoxy) is 1. The van der Waals surface area contributed by atoms with E-state index in [0.717, 1.165) is 16.0 Å².